The number of aryl methyl sites for hydroxylation is 2. The number of carbonyl (C=O) groups excluding carboxylic acids is 2. The third kappa shape index (κ3) is 4.96. The molecule has 0 unspecified atom stereocenters. The van der Waals surface area contributed by atoms with Crippen LogP contribution < -0.4 is 9.47 Å². The number of carbonyl (C=O) groups is 2. The molecule has 170 valence electrons. The fourth-order valence-electron chi connectivity index (χ4n) is 3.83. The van der Waals surface area contributed by atoms with Crippen LogP contribution in [0.15, 0.2) is 36.4 Å². The van der Waals surface area contributed by atoms with Gasteiger partial charge in [-0.05, 0) is 43.9 Å². The van der Waals surface area contributed by atoms with Crippen LogP contribution in [0.2, 0.25) is 0 Å². The van der Waals surface area contributed by atoms with Gasteiger partial charge in [0.25, 0.3) is 0 Å². The highest BCUT2D eigenvalue weighted by Gasteiger charge is 2.21. The van der Waals surface area contributed by atoms with E-state index in [0.29, 0.717) is 24.7 Å². The van der Waals surface area contributed by atoms with E-state index in [4.69, 9.17) is 18.9 Å². The molecular formula is C26H30O6. The topological polar surface area (TPSA) is 71.1 Å². The maximum Gasteiger partial charge on any atom is 0.344 e. The van der Waals surface area contributed by atoms with E-state index in [9.17, 15) is 9.59 Å². The van der Waals surface area contributed by atoms with E-state index in [2.05, 4.69) is 26.0 Å². The maximum atomic E-state index is 12.0. The van der Waals surface area contributed by atoms with Gasteiger partial charge in [-0.2, -0.15) is 0 Å². The summed E-state index contributed by atoms with van der Waals surface area (Å²) in [4.78, 5) is 24.0. The zero-order valence-corrected chi connectivity index (χ0v) is 19.2. The van der Waals surface area contributed by atoms with Crippen molar-refractivity contribution in [2.45, 2.75) is 40.5 Å². The Morgan fingerprint density at radius 2 is 1.28 bits per heavy atom. The van der Waals surface area contributed by atoms with Crippen LogP contribution in [0.4, 0.5) is 0 Å². The van der Waals surface area contributed by atoms with Crippen molar-refractivity contribution >= 4 is 33.5 Å². The number of esters is 2. The first-order valence-electron chi connectivity index (χ1n) is 11.1. The minimum Gasteiger partial charge on any atom is -0.481 e. The van der Waals surface area contributed by atoms with Crippen molar-refractivity contribution in [3.05, 3.63) is 47.5 Å². The highest BCUT2D eigenvalue weighted by atomic mass is 16.6. The molecular weight excluding hydrogens is 408 g/mol. The molecule has 0 saturated heterocycles. The Morgan fingerprint density at radius 3 is 1.81 bits per heavy atom. The summed E-state index contributed by atoms with van der Waals surface area (Å²) in [6, 6.07) is 11.9. The average molecular weight is 439 g/mol. The fourth-order valence-corrected chi connectivity index (χ4v) is 3.83. The summed E-state index contributed by atoms with van der Waals surface area (Å²) in [6.45, 7) is 7.92. The predicted molar refractivity (Wildman–Crippen MR) is 124 cm³/mol. The van der Waals surface area contributed by atoms with Crippen molar-refractivity contribution < 1.29 is 28.5 Å². The van der Waals surface area contributed by atoms with Crippen molar-refractivity contribution in [3.8, 4) is 11.5 Å². The molecule has 0 atom stereocenters. The summed E-state index contributed by atoms with van der Waals surface area (Å²) >= 11 is 0. The quantitative estimate of drug-likeness (QED) is 0.328. The van der Waals surface area contributed by atoms with Crippen LogP contribution in [0.25, 0.3) is 21.5 Å². The normalized spacial score (nSPS) is 10.9. The van der Waals surface area contributed by atoms with Gasteiger partial charge in [0.1, 0.15) is 11.5 Å². The molecule has 0 radical (unpaired) electrons. The van der Waals surface area contributed by atoms with Crippen molar-refractivity contribution in [2.75, 3.05) is 26.4 Å². The zero-order chi connectivity index (χ0) is 23.1. The van der Waals surface area contributed by atoms with Crippen molar-refractivity contribution in [2.24, 2.45) is 0 Å². The summed E-state index contributed by atoms with van der Waals surface area (Å²) in [7, 11) is 0. The first-order valence-corrected chi connectivity index (χ1v) is 11.1. The Kier molecular flexibility index (Phi) is 7.92. The van der Waals surface area contributed by atoms with Gasteiger partial charge in [0.2, 0.25) is 0 Å². The second kappa shape index (κ2) is 10.8. The second-order valence-corrected chi connectivity index (χ2v) is 7.28. The Morgan fingerprint density at radius 1 is 0.719 bits per heavy atom. The molecule has 0 aliphatic rings. The van der Waals surface area contributed by atoms with Crippen LogP contribution in [0.1, 0.15) is 38.8 Å². The first-order chi connectivity index (χ1) is 15.5. The molecule has 3 aromatic carbocycles. The van der Waals surface area contributed by atoms with Gasteiger partial charge >= 0.3 is 11.9 Å². The Hall–Kier alpha value is -3.28. The third-order valence-corrected chi connectivity index (χ3v) is 5.24. The van der Waals surface area contributed by atoms with Crippen molar-refractivity contribution in [1.29, 1.82) is 0 Å². The van der Waals surface area contributed by atoms with E-state index in [0.717, 1.165) is 45.5 Å². The van der Waals surface area contributed by atoms with E-state index in [-0.39, 0.29) is 13.2 Å². The molecule has 0 aliphatic heterocycles. The smallest absolute Gasteiger partial charge is 0.344 e. The Labute approximate surface area is 188 Å². The molecule has 0 spiro atoms. The third-order valence-electron chi connectivity index (χ3n) is 5.24. The molecule has 0 fully saturated rings. The monoisotopic (exact) mass is 438 g/mol. The number of fused-ring (bicyclic) bond motifs is 2. The molecule has 0 amide bonds. The molecule has 0 aromatic heterocycles. The molecule has 6 nitrogen and oxygen atoms in total. The van der Waals surface area contributed by atoms with Gasteiger partial charge in [0.05, 0.1) is 13.2 Å². The molecule has 0 bridgehead atoms. The lowest BCUT2D eigenvalue weighted by Gasteiger charge is -2.20. The lowest BCUT2D eigenvalue weighted by Crippen LogP contribution is -2.16. The van der Waals surface area contributed by atoms with Crippen LogP contribution in [0.5, 0.6) is 11.5 Å². The SMILES string of the molecule is CCOC(=O)COc1c2ccccc2c(OCC(=O)OCC)c2c(CC)cc(CC)cc12. The molecule has 3 rings (SSSR count). The highest BCUT2D eigenvalue weighted by Crippen LogP contribution is 2.45. The van der Waals surface area contributed by atoms with Gasteiger partial charge in [-0.3, -0.25) is 0 Å². The van der Waals surface area contributed by atoms with Gasteiger partial charge in [0, 0.05) is 21.5 Å². The van der Waals surface area contributed by atoms with E-state index in [1.807, 2.05) is 24.3 Å². The summed E-state index contributed by atoms with van der Waals surface area (Å²) in [5, 5.41) is 3.34. The number of ether oxygens (including phenoxy) is 4. The Balaban J connectivity index is 2.26. The van der Waals surface area contributed by atoms with E-state index in [1.165, 1.54) is 0 Å². The highest BCUT2D eigenvalue weighted by molar-refractivity contribution is 6.12. The number of benzene rings is 3. The lowest BCUT2D eigenvalue weighted by atomic mass is 9.93. The van der Waals surface area contributed by atoms with Gasteiger partial charge in [0.15, 0.2) is 13.2 Å². The van der Waals surface area contributed by atoms with Gasteiger partial charge in [-0.1, -0.05) is 44.2 Å². The van der Waals surface area contributed by atoms with Crippen LogP contribution in [-0.2, 0) is 31.9 Å². The van der Waals surface area contributed by atoms with Crippen molar-refractivity contribution in [3.63, 3.8) is 0 Å². The molecule has 6 heteroatoms. The summed E-state index contributed by atoms with van der Waals surface area (Å²) < 4.78 is 22.2. The van der Waals surface area contributed by atoms with Crippen LogP contribution >= 0.6 is 0 Å². The summed E-state index contributed by atoms with van der Waals surface area (Å²) in [6.07, 6.45) is 1.63. The standard InChI is InChI=1S/C26H30O6/c1-5-17-13-18(6-2)24-21(14-17)25(31-15-22(27)29-7-3)19-11-9-10-12-20(19)26(24)32-16-23(28)30-8-4/h9-14H,5-8,15-16H2,1-4H3. The zero-order valence-electron chi connectivity index (χ0n) is 19.2. The average Bonchev–Trinajstić information content (AvgIpc) is 2.80. The summed E-state index contributed by atoms with van der Waals surface area (Å²) in [5.74, 6) is 0.383. The van der Waals surface area contributed by atoms with Crippen LogP contribution in [-0.4, -0.2) is 38.4 Å². The fraction of sp³-hybridized carbons (Fsp3) is 0.385. The second-order valence-electron chi connectivity index (χ2n) is 7.28. The molecule has 32 heavy (non-hydrogen) atoms. The maximum absolute atomic E-state index is 12.0. The van der Waals surface area contributed by atoms with Gasteiger partial charge < -0.3 is 18.9 Å². The van der Waals surface area contributed by atoms with Crippen LogP contribution in [0, 0.1) is 0 Å². The molecule has 3 aromatic rings. The van der Waals surface area contributed by atoms with E-state index < -0.39 is 11.9 Å². The van der Waals surface area contributed by atoms with E-state index >= 15 is 0 Å². The predicted octanol–water partition coefficient (Wildman–Crippen LogP) is 5.00. The summed E-state index contributed by atoms with van der Waals surface area (Å²) in [5.41, 5.74) is 2.24. The number of hydrogen-bond acceptors (Lipinski definition) is 6. The first kappa shape index (κ1) is 23.4. The lowest BCUT2D eigenvalue weighted by molar-refractivity contribution is -0.146. The number of rotatable bonds is 10. The molecule has 0 N–H and O–H groups in total. The van der Waals surface area contributed by atoms with E-state index in [1.54, 1.807) is 13.8 Å². The molecule has 0 heterocycles. The molecule has 0 aliphatic carbocycles. The van der Waals surface area contributed by atoms with Gasteiger partial charge in [-0.15, -0.1) is 0 Å². The molecule has 0 saturated carbocycles. The minimum absolute atomic E-state index is 0.186. The van der Waals surface area contributed by atoms with Crippen LogP contribution in [0.3, 0.4) is 0 Å². The Bertz CT molecular complexity index is 1120. The largest absolute Gasteiger partial charge is 0.481 e. The minimum atomic E-state index is -0.422. The number of hydrogen-bond donors (Lipinski definition) is 0. The van der Waals surface area contributed by atoms with Gasteiger partial charge in [-0.25, -0.2) is 9.59 Å². The van der Waals surface area contributed by atoms with Crippen molar-refractivity contribution in [1.82, 2.24) is 0 Å².